The van der Waals surface area contributed by atoms with Gasteiger partial charge in [-0.25, -0.2) is 4.98 Å². The van der Waals surface area contributed by atoms with Gasteiger partial charge in [0.2, 0.25) is 0 Å². The zero-order valence-electron chi connectivity index (χ0n) is 10.3. The quantitative estimate of drug-likeness (QED) is 0.921. The second-order valence-electron chi connectivity index (χ2n) is 4.04. The molecule has 6 heteroatoms. The van der Waals surface area contributed by atoms with Gasteiger partial charge in [0.05, 0.1) is 13.5 Å². The fraction of sp³-hybridized carbons (Fsp3) is 0.308. The summed E-state index contributed by atoms with van der Waals surface area (Å²) in [6.07, 6.45) is -3.50. The van der Waals surface area contributed by atoms with Gasteiger partial charge in [-0.05, 0) is 29.7 Å². The SMILES string of the molecule is COc1ccc2c(NCCC(F)(F)F)nccc2c1. The van der Waals surface area contributed by atoms with Crippen LogP contribution in [0.15, 0.2) is 30.5 Å². The topological polar surface area (TPSA) is 34.1 Å². The lowest BCUT2D eigenvalue weighted by Gasteiger charge is -2.11. The van der Waals surface area contributed by atoms with E-state index in [1.54, 1.807) is 31.5 Å². The number of ether oxygens (including phenoxy) is 1. The Hall–Kier alpha value is -1.98. The maximum absolute atomic E-state index is 12.1. The summed E-state index contributed by atoms with van der Waals surface area (Å²) in [5.41, 5.74) is 0. The summed E-state index contributed by atoms with van der Waals surface area (Å²) >= 11 is 0. The molecule has 0 saturated carbocycles. The summed E-state index contributed by atoms with van der Waals surface area (Å²) in [5.74, 6) is 1.14. The van der Waals surface area contributed by atoms with Crippen LogP contribution in [0.5, 0.6) is 5.75 Å². The molecule has 19 heavy (non-hydrogen) atoms. The molecule has 0 spiro atoms. The molecule has 0 bridgehead atoms. The van der Waals surface area contributed by atoms with E-state index < -0.39 is 12.6 Å². The van der Waals surface area contributed by atoms with E-state index in [0.29, 0.717) is 11.6 Å². The Kier molecular flexibility index (Phi) is 3.78. The van der Waals surface area contributed by atoms with Crippen molar-refractivity contribution in [1.82, 2.24) is 4.98 Å². The van der Waals surface area contributed by atoms with Crippen molar-refractivity contribution in [3.05, 3.63) is 30.5 Å². The highest BCUT2D eigenvalue weighted by molar-refractivity contribution is 5.92. The number of alkyl halides is 3. The number of rotatable bonds is 4. The third-order valence-corrected chi connectivity index (χ3v) is 2.67. The van der Waals surface area contributed by atoms with E-state index in [-0.39, 0.29) is 6.54 Å². The number of hydrogen-bond donors (Lipinski definition) is 1. The minimum Gasteiger partial charge on any atom is -0.497 e. The number of benzene rings is 1. The highest BCUT2D eigenvalue weighted by Gasteiger charge is 2.26. The molecule has 0 aliphatic rings. The minimum atomic E-state index is -4.17. The van der Waals surface area contributed by atoms with Gasteiger partial charge in [0.15, 0.2) is 0 Å². The molecule has 3 nitrogen and oxygen atoms in total. The first-order valence-electron chi connectivity index (χ1n) is 5.73. The van der Waals surface area contributed by atoms with Crippen LogP contribution in [0, 0.1) is 0 Å². The van der Waals surface area contributed by atoms with Crippen molar-refractivity contribution >= 4 is 16.6 Å². The summed E-state index contributed by atoms with van der Waals surface area (Å²) < 4.78 is 41.4. The van der Waals surface area contributed by atoms with Gasteiger partial charge in [0, 0.05) is 18.1 Å². The van der Waals surface area contributed by atoms with Gasteiger partial charge in [-0.3, -0.25) is 0 Å². The van der Waals surface area contributed by atoms with Crippen LogP contribution in [0.3, 0.4) is 0 Å². The predicted octanol–water partition coefficient (Wildman–Crippen LogP) is 3.61. The molecule has 0 saturated heterocycles. The van der Waals surface area contributed by atoms with Crippen molar-refractivity contribution < 1.29 is 17.9 Å². The number of nitrogens with one attached hydrogen (secondary N) is 1. The maximum atomic E-state index is 12.1. The smallest absolute Gasteiger partial charge is 0.390 e. The third-order valence-electron chi connectivity index (χ3n) is 2.67. The zero-order chi connectivity index (χ0) is 13.9. The van der Waals surface area contributed by atoms with Crippen molar-refractivity contribution in [3.8, 4) is 5.75 Å². The van der Waals surface area contributed by atoms with E-state index in [9.17, 15) is 13.2 Å². The lowest BCUT2D eigenvalue weighted by Crippen LogP contribution is -2.15. The van der Waals surface area contributed by atoms with E-state index in [0.717, 1.165) is 10.8 Å². The Bertz CT molecular complexity index is 569. The number of nitrogens with zero attached hydrogens (tertiary/aromatic N) is 1. The Balaban J connectivity index is 2.19. The Morgan fingerprint density at radius 3 is 2.74 bits per heavy atom. The first kappa shape index (κ1) is 13.5. The molecule has 1 heterocycles. The van der Waals surface area contributed by atoms with Crippen LogP contribution < -0.4 is 10.1 Å². The number of methoxy groups -OCH3 is 1. The Morgan fingerprint density at radius 1 is 1.26 bits per heavy atom. The van der Waals surface area contributed by atoms with Crippen LogP contribution >= 0.6 is 0 Å². The number of halogens is 3. The van der Waals surface area contributed by atoms with Gasteiger partial charge in [-0.2, -0.15) is 13.2 Å². The normalized spacial score (nSPS) is 11.6. The van der Waals surface area contributed by atoms with Gasteiger partial charge in [0.1, 0.15) is 11.6 Å². The molecule has 1 N–H and O–H groups in total. The molecule has 0 aliphatic carbocycles. The molecule has 1 aromatic carbocycles. The summed E-state index contributed by atoms with van der Waals surface area (Å²) in [6.45, 7) is -0.193. The van der Waals surface area contributed by atoms with E-state index in [1.807, 2.05) is 6.07 Å². The van der Waals surface area contributed by atoms with Crippen LogP contribution in [0.25, 0.3) is 10.8 Å². The van der Waals surface area contributed by atoms with E-state index >= 15 is 0 Å². The zero-order valence-corrected chi connectivity index (χ0v) is 10.3. The summed E-state index contributed by atoms with van der Waals surface area (Å²) in [4.78, 5) is 4.06. The summed E-state index contributed by atoms with van der Waals surface area (Å²) in [7, 11) is 1.56. The van der Waals surface area contributed by atoms with Crippen LogP contribution in [0.1, 0.15) is 6.42 Å². The molecule has 0 fully saturated rings. The van der Waals surface area contributed by atoms with Crippen LogP contribution in [0.2, 0.25) is 0 Å². The number of aromatic nitrogens is 1. The number of anilines is 1. The van der Waals surface area contributed by atoms with E-state index in [4.69, 9.17) is 4.74 Å². The first-order valence-corrected chi connectivity index (χ1v) is 5.73. The van der Waals surface area contributed by atoms with Crippen LogP contribution in [-0.4, -0.2) is 24.8 Å². The molecule has 2 aromatic rings. The molecule has 2 rings (SSSR count). The standard InChI is InChI=1S/C13H13F3N2O/c1-19-10-2-3-11-9(8-10)4-6-17-12(11)18-7-5-13(14,15)16/h2-4,6,8H,5,7H2,1H3,(H,17,18). The van der Waals surface area contributed by atoms with Crippen molar-refractivity contribution in [2.75, 3.05) is 19.0 Å². The minimum absolute atomic E-state index is 0.193. The largest absolute Gasteiger partial charge is 0.497 e. The summed E-state index contributed by atoms with van der Waals surface area (Å²) in [6, 6.07) is 7.12. The van der Waals surface area contributed by atoms with E-state index in [1.165, 1.54) is 0 Å². The second-order valence-corrected chi connectivity index (χ2v) is 4.04. The Labute approximate surface area is 108 Å². The van der Waals surface area contributed by atoms with Crippen LogP contribution in [0.4, 0.5) is 19.0 Å². The number of hydrogen-bond acceptors (Lipinski definition) is 3. The fourth-order valence-corrected chi connectivity index (χ4v) is 1.75. The van der Waals surface area contributed by atoms with Gasteiger partial charge in [-0.15, -0.1) is 0 Å². The average molecular weight is 270 g/mol. The van der Waals surface area contributed by atoms with Crippen molar-refractivity contribution in [3.63, 3.8) is 0 Å². The lowest BCUT2D eigenvalue weighted by atomic mass is 10.1. The van der Waals surface area contributed by atoms with Crippen LogP contribution in [-0.2, 0) is 0 Å². The molecular formula is C13H13F3N2O. The van der Waals surface area contributed by atoms with Gasteiger partial charge in [0.25, 0.3) is 0 Å². The average Bonchev–Trinajstić information content (AvgIpc) is 2.37. The molecular weight excluding hydrogens is 257 g/mol. The number of pyridine rings is 1. The monoisotopic (exact) mass is 270 g/mol. The molecule has 0 radical (unpaired) electrons. The van der Waals surface area contributed by atoms with E-state index in [2.05, 4.69) is 10.3 Å². The molecule has 0 unspecified atom stereocenters. The highest BCUT2D eigenvalue weighted by Crippen LogP contribution is 2.26. The fourth-order valence-electron chi connectivity index (χ4n) is 1.75. The second kappa shape index (κ2) is 5.34. The molecule has 1 aromatic heterocycles. The van der Waals surface area contributed by atoms with Crippen molar-refractivity contribution in [1.29, 1.82) is 0 Å². The van der Waals surface area contributed by atoms with Crippen molar-refractivity contribution in [2.45, 2.75) is 12.6 Å². The van der Waals surface area contributed by atoms with Gasteiger partial charge < -0.3 is 10.1 Å². The first-order chi connectivity index (χ1) is 8.99. The van der Waals surface area contributed by atoms with Gasteiger partial charge >= 0.3 is 6.18 Å². The highest BCUT2D eigenvalue weighted by atomic mass is 19.4. The molecule has 0 atom stereocenters. The lowest BCUT2D eigenvalue weighted by molar-refractivity contribution is -0.131. The predicted molar refractivity (Wildman–Crippen MR) is 67.5 cm³/mol. The molecule has 0 amide bonds. The maximum Gasteiger partial charge on any atom is 0.390 e. The van der Waals surface area contributed by atoms with Gasteiger partial charge in [-0.1, -0.05) is 0 Å². The summed E-state index contributed by atoms with van der Waals surface area (Å²) in [5, 5.41) is 4.34. The molecule has 102 valence electrons. The Morgan fingerprint density at radius 2 is 2.05 bits per heavy atom. The third kappa shape index (κ3) is 3.49. The molecule has 0 aliphatic heterocycles. The van der Waals surface area contributed by atoms with Crippen molar-refractivity contribution in [2.24, 2.45) is 0 Å². The number of fused-ring (bicyclic) bond motifs is 1.